The van der Waals surface area contributed by atoms with Gasteiger partial charge in [0.2, 0.25) is 0 Å². The van der Waals surface area contributed by atoms with E-state index in [1.54, 1.807) is 0 Å². The Morgan fingerprint density at radius 3 is 3.06 bits per heavy atom. The zero-order valence-electron chi connectivity index (χ0n) is 10.8. The maximum Gasteiger partial charge on any atom is 0.0902 e. The van der Waals surface area contributed by atoms with E-state index < -0.39 is 0 Å². The van der Waals surface area contributed by atoms with E-state index in [9.17, 15) is 0 Å². The molecule has 0 aromatic rings. The fraction of sp³-hybridized carbons (Fsp3) is 0.923. The molecule has 5 heteroatoms. The fourth-order valence-electron chi connectivity index (χ4n) is 3.68. The van der Waals surface area contributed by atoms with Gasteiger partial charge in [0, 0.05) is 18.4 Å². The van der Waals surface area contributed by atoms with Gasteiger partial charge in [0.25, 0.3) is 0 Å². The Hall–Kier alpha value is 0.160. The Balaban J connectivity index is 1.70. The quantitative estimate of drug-likeness (QED) is 0.784. The highest BCUT2D eigenvalue weighted by Crippen LogP contribution is 2.40. The SMILES string of the molecule is NC(=S)C1CCCN1C1CCOC2(CCSC2)C1. The Morgan fingerprint density at radius 1 is 1.44 bits per heavy atom. The Morgan fingerprint density at radius 2 is 2.33 bits per heavy atom. The second kappa shape index (κ2) is 5.27. The van der Waals surface area contributed by atoms with Gasteiger partial charge in [-0.05, 0) is 44.4 Å². The van der Waals surface area contributed by atoms with Gasteiger partial charge in [0.15, 0.2) is 0 Å². The number of hydrogen-bond donors (Lipinski definition) is 1. The highest BCUT2D eigenvalue weighted by atomic mass is 32.2. The van der Waals surface area contributed by atoms with Crippen molar-refractivity contribution in [3.8, 4) is 0 Å². The summed E-state index contributed by atoms with van der Waals surface area (Å²) in [5.74, 6) is 2.43. The molecule has 3 saturated heterocycles. The van der Waals surface area contributed by atoms with Gasteiger partial charge in [-0.2, -0.15) is 11.8 Å². The number of thioether (sulfide) groups is 1. The lowest BCUT2D eigenvalue weighted by Gasteiger charge is -2.43. The number of thiocarbonyl (C=S) groups is 1. The first-order valence-electron chi connectivity index (χ1n) is 6.97. The van der Waals surface area contributed by atoms with Crippen LogP contribution in [0, 0.1) is 0 Å². The number of hydrogen-bond acceptors (Lipinski definition) is 4. The van der Waals surface area contributed by atoms with Gasteiger partial charge in [0.1, 0.15) is 0 Å². The first kappa shape index (κ1) is 13.2. The van der Waals surface area contributed by atoms with Gasteiger partial charge < -0.3 is 10.5 Å². The highest BCUT2D eigenvalue weighted by molar-refractivity contribution is 7.99. The molecular weight excluding hydrogens is 264 g/mol. The van der Waals surface area contributed by atoms with E-state index in [4.69, 9.17) is 22.7 Å². The maximum absolute atomic E-state index is 6.10. The summed E-state index contributed by atoms with van der Waals surface area (Å²) in [7, 11) is 0. The molecule has 0 saturated carbocycles. The van der Waals surface area contributed by atoms with Gasteiger partial charge >= 0.3 is 0 Å². The Bertz CT molecular complexity index is 331. The van der Waals surface area contributed by atoms with Crippen LogP contribution in [0.3, 0.4) is 0 Å². The molecule has 0 aromatic carbocycles. The average Bonchev–Trinajstić information content (AvgIpc) is 2.98. The molecule has 3 aliphatic heterocycles. The van der Waals surface area contributed by atoms with Crippen molar-refractivity contribution in [2.45, 2.75) is 49.8 Å². The molecule has 3 aliphatic rings. The molecule has 3 heterocycles. The highest BCUT2D eigenvalue weighted by Gasteiger charge is 2.44. The smallest absolute Gasteiger partial charge is 0.0902 e. The Labute approximate surface area is 119 Å². The predicted octanol–water partition coefficient (Wildman–Crippen LogP) is 1.79. The van der Waals surface area contributed by atoms with Crippen LogP contribution in [0.25, 0.3) is 0 Å². The van der Waals surface area contributed by atoms with E-state index >= 15 is 0 Å². The van der Waals surface area contributed by atoms with Gasteiger partial charge in [0.05, 0.1) is 16.6 Å². The molecule has 1 spiro atoms. The summed E-state index contributed by atoms with van der Waals surface area (Å²) in [6.45, 7) is 2.07. The van der Waals surface area contributed by atoms with Crippen LogP contribution in [0.5, 0.6) is 0 Å². The monoisotopic (exact) mass is 286 g/mol. The summed E-state index contributed by atoms with van der Waals surface area (Å²) >= 11 is 7.27. The molecule has 0 bridgehead atoms. The minimum atomic E-state index is 0.164. The van der Waals surface area contributed by atoms with Crippen molar-refractivity contribution in [3.63, 3.8) is 0 Å². The predicted molar refractivity (Wildman–Crippen MR) is 80.2 cm³/mol. The molecule has 0 radical (unpaired) electrons. The van der Waals surface area contributed by atoms with Gasteiger partial charge in [-0.15, -0.1) is 0 Å². The number of ether oxygens (including phenoxy) is 1. The number of likely N-dealkylation sites (tertiary alicyclic amines) is 1. The average molecular weight is 286 g/mol. The first-order valence-corrected chi connectivity index (χ1v) is 8.53. The van der Waals surface area contributed by atoms with Gasteiger partial charge in [-0.3, -0.25) is 4.90 Å². The van der Waals surface area contributed by atoms with E-state index in [1.807, 2.05) is 11.8 Å². The molecule has 18 heavy (non-hydrogen) atoms. The molecule has 0 amide bonds. The van der Waals surface area contributed by atoms with Gasteiger partial charge in [-0.25, -0.2) is 0 Å². The van der Waals surface area contributed by atoms with Crippen molar-refractivity contribution in [1.82, 2.24) is 4.90 Å². The van der Waals surface area contributed by atoms with E-state index in [0.29, 0.717) is 17.1 Å². The van der Waals surface area contributed by atoms with Crippen molar-refractivity contribution < 1.29 is 4.74 Å². The zero-order chi connectivity index (χ0) is 12.6. The second-order valence-electron chi connectivity index (χ2n) is 5.78. The molecule has 3 atom stereocenters. The molecule has 3 fully saturated rings. The van der Waals surface area contributed by atoms with Crippen LogP contribution in [-0.2, 0) is 4.74 Å². The summed E-state index contributed by atoms with van der Waals surface area (Å²) in [4.78, 5) is 3.25. The largest absolute Gasteiger partial charge is 0.392 e. The third-order valence-corrected chi connectivity index (χ3v) is 6.12. The van der Waals surface area contributed by atoms with Crippen LogP contribution in [0.2, 0.25) is 0 Å². The summed E-state index contributed by atoms with van der Waals surface area (Å²) < 4.78 is 6.10. The molecule has 3 unspecified atom stereocenters. The van der Waals surface area contributed by atoms with E-state index in [-0.39, 0.29) is 5.60 Å². The van der Waals surface area contributed by atoms with Crippen LogP contribution in [0.1, 0.15) is 32.1 Å². The fourth-order valence-corrected chi connectivity index (χ4v) is 5.31. The minimum Gasteiger partial charge on any atom is -0.392 e. The van der Waals surface area contributed by atoms with Crippen LogP contribution in [0.15, 0.2) is 0 Å². The first-order chi connectivity index (χ1) is 8.70. The standard InChI is InChI=1S/C13H22N2OS2/c14-12(17)11-2-1-5-15(11)10-3-6-16-13(8-10)4-7-18-9-13/h10-11H,1-9H2,(H2,14,17). The summed E-state index contributed by atoms with van der Waals surface area (Å²) in [6.07, 6.45) is 5.93. The molecule has 102 valence electrons. The van der Waals surface area contributed by atoms with Crippen molar-refractivity contribution in [3.05, 3.63) is 0 Å². The molecule has 3 rings (SSSR count). The zero-order valence-corrected chi connectivity index (χ0v) is 12.4. The van der Waals surface area contributed by atoms with Gasteiger partial charge in [-0.1, -0.05) is 12.2 Å². The number of nitrogens with two attached hydrogens (primary N) is 1. The summed E-state index contributed by atoms with van der Waals surface area (Å²) in [5, 5.41) is 0. The normalized spacial score (nSPS) is 41.6. The van der Waals surface area contributed by atoms with E-state index in [0.717, 1.165) is 26.0 Å². The van der Waals surface area contributed by atoms with Crippen LogP contribution in [0.4, 0.5) is 0 Å². The van der Waals surface area contributed by atoms with Crippen molar-refractivity contribution in [2.24, 2.45) is 5.73 Å². The third kappa shape index (κ3) is 2.42. The minimum absolute atomic E-state index is 0.164. The van der Waals surface area contributed by atoms with Crippen molar-refractivity contribution in [2.75, 3.05) is 24.7 Å². The second-order valence-corrected chi connectivity index (χ2v) is 7.36. The Kier molecular flexibility index (Phi) is 3.85. The molecule has 3 nitrogen and oxygen atoms in total. The third-order valence-electron chi connectivity index (χ3n) is 4.63. The number of rotatable bonds is 2. The van der Waals surface area contributed by atoms with Crippen LogP contribution in [-0.4, -0.2) is 52.2 Å². The van der Waals surface area contributed by atoms with Crippen molar-refractivity contribution >= 4 is 29.0 Å². The van der Waals surface area contributed by atoms with Crippen LogP contribution >= 0.6 is 24.0 Å². The molecule has 2 N–H and O–H groups in total. The molecular formula is C13H22N2OS2. The van der Waals surface area contributed by atoms with E-state index in [1.165, 1.54) is 30.8 Å². The van der Waals surface area contributed by atoms with Crippen LogP contribution < -0.4 is 5.73 Å². The lowest BCUT2D eigenvalue weighted by atomic mass is 9.88. The lowest BCUT2D eigenvalue weighted by Crippen LogP contribution is -2.52. The lowest BCUT2D eigenvalue weighted by molar-refractivity contribution is -0.0886. The molecule has 0 aromatic heterocycles. The van der Waals surface area contributed by atoms with E-state index in [2.05, 4.69) is 4.90 Å². The summed E-state index contributed by atoms with van der Waals surface area (Å²) in [5.41, 5.74) is 6.06. The maximum atomic E-state index is 6.10. The van der Waals surface area contributed by atoms with Crippen molar-refractivity contribution in [1.29, 1.82) is 0 Å². The molecule has 0 aliphatic carbocycles. The topological polar surface area (TPSA) is 38.5 Å². The summed E-state index contributed by atoms with van der Waals surface area (Å²) in [6, 6.07) is 0.973. The number of nitrogens with zero attached hydrogens (tertiary/aromatic N) is 1.